The van der Waals surface area contributed by atoms with Crippen molar-refractivity contribution in [3.63, 3.8) is 0 Å². The number of amides is 2. The molecular formula is C17H21N3O2. The van der Waals surface area contributed by atoms with E-state index in [1.54, 1.807) is 6.07 Å². The summed E-state index contributed by atoms with van der Waals surface area (Å²) in [6.07, 6.45) is 5.34. The molecule has 0 saturated heterocycles. The molecule has 1 aliphatic carbocycles. The van der Waals surface area contributed by atoms with Crippen LogP contribution in [0.2, 0.25) is 0 Å². The summed E-state index contributed by atoms with van der Waals surface area (Å²) in [4.78, 5) is 23.4. The lowest BCUT2D eigenvalue weighted by Gasteiger charge is -2.20. The van der Waals surface area contributed by atoms with Crippen molar-refractivity contribution in [1.29, 1.82) is 5.26 Å². The second-order valence-corrected chi connectivity index (χ2v) is 5.63. The van der Waals surface area contributed by atoms with Crippen LogP contribution in [0, 0.1) is 17.2 Å². The van der Waals surface area contributed by atoms with E-state index in [4.69, 9.17) is 5.26 Å². The summed E-state index contributed by atoms with van der Waals surface area (Å²) in [5.74, 6) is -0.0364. The van der Waals surface area contributed by atoms with Gasteiger partial charge in [0.05, 0.1) is 6.07 Å². The van der Waals surface area contributed by atoms with Gasteiger partial charge in [-0.3, -0.25) is 9.59 Å². The van der Waals surface area contributed by atoms with Crippen LogP contribution in [0.15, 0.2) is 24.3 Å². The molecule has 1 aliphatic rings. The van der Waals surface area contributed by atoms with Crippen LogP contribution >= 0.6 is 0 Å². The molecule has 1 saturated carbocycles. The summed E-state index contributed by atoms with van der Waals surface area (Å²) >= 11 is 0. The van der Waals surface area contributed by atoms with Gasteiger partial charge < -0.3 is 10.6 Å². The van der Waals surface area contributed by atoms with E-state index in [9.17, 15) is 9.59 Å². The molecule has 1 fully saturated rings. The van der Waals surface area contributed by atoms with Gasteiger partial charge in [-0.25, -0.2) is 0 Å². The van der Waals surface area contributed by atoms with Crippen LogP contribution in [0.1, 0.15) is 44.1 Å². The van der Waals surface area contributed by atoms with Crippen LogP contribution in [-0.2, 0) is 16.1 Å². The largest absolute Gasteiger partial charge is 0.351 e. The van der Waals surface area contributed by atoms with Crippen LogP contribution in [-0.4, -0.2) is 11.8 Å². The summed E-state index contributed by atoms with van der Waals surface area (Å²) in [7, 11) is 0. The van der Waals surface area contributed by atoms with Gasteiger partial charge in [-0.15, -0.1) is 0 Å². The van der Waals surface area contributed by atoms with Crippen LogP contribution in [0.4, 0.5) is 5.69 Å². The van der Waals surface area contributed by atoms with E-state index in [1.165, 1.54) is 6.42 Å². The predicted molar refractivity (Wildman–Crippen MR) is 83.7 cm³/mol. The number of nitrogens with one attached hydrogen (secondary N) is 2. The Morgan fingerprint density at radius 2 is 1.82 bits per heavy atom. The third kappa shape index (κ3) is 4.88. The minimum absolute atomic E-state index is 0.106. The molecule has 0 atom stereocenters. The zero-order valence-corrected chi connectivity index (χ0v) is 12.6. The Hall–Kier alpha value is -2.35. The smallest absolute Gasteiger partial charge is 0.234 e. The number of hydrogen-bond acceptors (Lipinski definition) is 3. The first kappa shape index (κ1) is 16.0. The summed E-state index contributed by atoms with van der Waals surface area (Å²) in [5.41, 5.74) is 1.71. The predicted octanol–water partition coefficient (Wildman–Crippen LogP) is 2.74. The lowest BCUT2D eigenvalue weighted by molar-refractivity contribution is -0.121. The minimum Gasteiger partial charge on any atom is -0.351 e. The molecule has 1 aromatic rings. The molecular weight excluding hydrogens is 278 g/mol. The molecule has 2 amide bonds. The molecule has 0 heterocycles. The zero-order chi connectivity index (χ0) is 15.8. The van der Waals surface area contributed by atoms with E-state index in [-0.39, 0.29) is 24.2 Å². The van der Waals surface area contributed by atoms with Gasteiger partial charge >= 0.3 is 0 Å². The van der Waals surface area contributed by atoms with E-state index in [0.29, 0.717) is 6.54 Å². The third-order valence-electron chi connectivity index (χ3n) is 3.93. The average Bonchev–Trinajstić information content (AvgIpc) is 2.55. The quantitative estimate of drug-likeness (QED) is 0.877. The highest BCUT2D eigenvalue weighted by Gasteiger charge is 2.20. The Labute approximate surface area is 130 Å². The number of hydrogen-bond donors (Lipinski definition) is 2. The number of benzene rings is 1. The highest BCUT2D eigenvalue weighted by Crippen LogP contribution is 2.25. The first-order valence-electron chi connectivity index (χ1n) is 7.72. The number of nitrogens with zero attached hydrogens (tertiary/aromatic N) is 1. The molecule has 2 N–H and O–H groups in total. The maximum atomic E-state index is 12.1. The molecule has 1 aromatic carbocycles. The Balaban J connectivity index is 1.82. The van der Waals surface area contributed by atoms with E-state index in [2.05, 4.69) is 10.6 Å². The van der Waals surface area contributed by atoms with Gasteiger partial charge in [-0.2, -0.15) is 5.26 Å². The van der Waals surface area contributed by atoms with Crippen molar-refractivity contribution in [2.75, 3.05) is 5.32 Å². The van der Waals surface area contributed by atoms with Crippen molar-refractivity contribution in [3.05, 3.63) is 29.8 Å². The van der Waals surface area contributed by atoms with Gasteiger partial charge in [-0.1, -0.05) is 31.4 Å². The Bertz CT molecular complexity index is 554. The molecule has 116 valence electrons. The maximum Gasteiger partial charge on any atom is 0.234 e. The number of carbonyl (C=O) groups excluding carboxylic acids is 2. The minimum atomic E-state index is -0.280. The van der Waals surface area contributed by atoms with E-state index in [0.717, 1.165) is 36.9 Å². The van der Waals surface area contributed by atoms with Crippen molar-refractivity contribution < 1.29 is 9.59 Å². The van der Waals surface area contributed by atoms with Gasteiger partial charge in [0.25, 0.3) is 0 Å². The summed E-state index contributed by atoms with van der Waals surface area (Å²) < 4.78 is 0. The lowest BCUT2D eigenvalue weighted by atomic mass is 9.88. The molecule has 2 rings (SSSR count). The van der Waals surface area contributed by atoms with E-state index >= 15 is 0 Å². The monoisotopic (exact) mass is 299 g/mol. The van der Waals surface area contributed by atoms with E-state index < -0.39 is 0 Å². The number of carbonyl (C=O) groups is 2. The topological polar surface area (TPSA) is 82.0 Å². The van der Waals surface area contributed by atoms with Gasteiger partial charge in [-0.05, 0) is 30.5 Å². The molecule has 0 aromatic heterocycles. The number of nitriles is 1. The summed E-state index contributed by atoms with van der Waals surface area (Å²) in [6.45, 7) is 0.386. The normalized spacial score (nSPS) is 14.9. The fraction of sp³-hybridized carbons (Fsp3) is 0.471. The second kappa shape index (κ2) is 8.18. The number of rotatable bonds is 5. The third-order valence-corrected chi connectivity index (χ3v) is 3.93. The second-order valence-electron chi connectivity index (χ2n) is 5.63. The first-order valence-corrected chi connectivity index (χ1v) is 7.72. The van der Waals surface area contributed by atoms with Crippen LogP contribution in [0.3, 0.4) is 0 Å². The van der Waals surface area contributed by atoms with Crippen molar-refractivity contribution in [3.8, 4) is 6.07 Å². The maximum absolute atomic E-state index is 12.1. The summed E-state index contributed by atoms with van der Waals surface area (Å²) in [6, 6.07) is 9.21. The first-order chi connectivity index (χ1) is 10.7. The Kier molecular flexibility index (Phi) is 5.96. The van der Waals surface area contributed by atoms with E-state index in [1.807, 2.05) is 24.3 Å². The van der Waals surface area contributed by atoms with Crippen LogP contribution in [0.5, 0.6) is 0 Å². The molecule has 0 radical (unpaired) electrons. The highest BCUT2D eigenvalue weighted by atomic mass is 16.2. The molecule has 5 nitrogen and oxygen atoms in total. The zero-order valence-electron chi connectivity index (χ0n) is 12.6. The molecule has 5 heteroatoms. The van der Waals surface area contributed by atoms with Crippen molar-refractivity contribution in [1.82, 2.24) is 5.32 Å². The molecule has 0 spiro atoms. The van der Waals surface area contributed by atoms with Crippen LogP contribution < -0.4 is 10.6 Å². The van der Waals surface area contributed by atoms with Crippen molar-refractivity contribution in [2.24, 2.45) is 5.92 Å². The van der Waals surface area contributed by atoms with Crippen molar-refractivity contribution in [2.45, 2.75) is 45.1 Å². The fourth-order valence-corrected chi connectivity index (χ4v) is 2.65. The molecule has 0 bridgehead atoms. The van der Waals surface area contributed by atoms with Crippen LogP contribution in [0.25, 0.3) is 0 Å². The molecule has 0 unspecified atom stereocenters. The summed E-state index contributed by atoms with van der Waals surface area (Å²) in [5, 5.41) is 14.0. The Morgan fingerprint density at radius 3 is 2.45 bits per heavy atom. The highest BCUT2D eigenvalue weighted by molar-refractivity contribution is 5.92. The number of anilines is 1. The Morgan fingerprint density at radius 1 is 1.14 bits per heavy atom. The average molecular weight is 299 g/mol. The van der Waals surface area contributed by atoms with Gasteiger partial charge in [0.2, 0.25) is 11.8 Å². The fourth-order valence-electron chi connectivity index (χ4n) is 2.65. The molecule has 0 aliphatic heterocycles. The van der Waals surface area contributed by atoms with Gasteiger partial charge in [0, 0.05) is 18.2 Å². The standard InChI is InChI=1S/C17H21N3O2/c18-11-10-16(21)19-12-13-6-8-15(9-7-13)20-17(22)14-4-2-1-3-5-14/h6-9,14H,1-5,10,12H2,(H,19,21)(H,20,22). The van der Waals surface area contributed by atoms with Gasteiger partial charge in [0.1, 0.15) is 6.42 Å². The lowest BCUT2D eigenvalue weighted by Crippen LogP contribution is -2.24. The van der Waals surface area contributed by atoms with Crippen molar-refractivity contribution >= 4 is 17.5 Å². The SMILES string of the molecule is N#CCC(=O)NCc1ccc(NC(=O)C2CCCCC2)cc1. The molecule has 22 heavy (non-hydrogen) atoms. The van der Waals surface area contributed by atoms with Gasteiger partial charge in [0.15, 0.2) is 0 Å².